The van der Waals surface area contributed by atoms with Gasteiger partial charge in [0.15, 0.2) is 0 Å². The van der Waals surface area contributed by atoms with Crippen molar-refractivity contribution in [2.75, 3.05) is 16.8 Å². The lowest BCUT2D eigenvalue weighted by molar-refractivity contribution is 0.0996. The Morgan fingerprint density at radius 3 is 2.64 bits per heavy atom. The summed E-state index contributed by atoms with van der Waals surface area (Å²) in [5, 5.41) is 3.07. The van der Waals surface area contributed by atoms with Crippen molar-refractivity contribution in [3.63, 3.8) is 0 Å². The quantitative estimate of drug-likeness (QED) is 0.941. The standard InChI is InChI=1S/C17H20N4O/c1-4-18-17-19-9-14-15(20-17)10-21(16(14)22)13-7-5-12(6-8-13)11(2)3/h5-9,11H,4,10H2,1-3H3,(H,18,19,20). The predicted octanol–water partition coefficient (Wildman–Crippen LogP) is 3.19. The van der Waals surface area contributed by atoms with Crippen LogP contribution >= 0.6 is 0 Å². The van der Waals surface area contributed by atoms with Crippen LogP contribution in [0.3, 0.4) is 0 Å². The van der Waals surface area contributed by atoms with E-state index in [2.05, 4.69) is 41.3 Å². The largest absolute Gasteiger partial charge is 0.354 e. The predicted molar refractivity (Wildman–Crippen MR) is 87.2 cm³/mol. The summed E-state index contributed by atoms with van der Waals surface area (Å²) >= 11 is 0. The van der Waals surface area contributed by atoms with Crippen LogP contribution in [0.2, 0.25) is 0 Å². The van der Waals surface area contributed by atoms with Crippen LogP contribution in [0.5, 0.6) is 0 Å². The molecule has 0 fully saturated rings. The molecule has 3 rings (SSSR count). The van der Waals surface area contributed by atoms with Gasteiger partial charge in [0.2, 0.25) is 5.95 Å². The average molecular weight is 296 g/mol. The molecule has 0 aliphatic carbocycles. The van der Waals surface area contributed by atoms with Gasteiger partial charge in [0.25, 0.3) is 5.91 Å². The van der Waals surface area contributed by atoms with Crippen molar-refractivity contribution in [2.24, 2.45) is 0 Å². The summed E-state index contributed by atoms with van der Waals surface area (Å²) in [6, 6.07) is 8.15. The first-order valence-electron chi connectivity index (χ1n) is 7.61. The van der Waals surface area contributed by atoms with Crippen LogP contribution in [0.4, 0.5) is 11.6 Å². The van der Waals surface area contributed by atoms with Gasteiger partial charge in [0, 0.05) is 18.4 Å². The third-order valence-electron chi connectivity index (χ3n) is 3.86. The van der Waals surface area contributed by atoms with Crippen molar-refractivity contribution in [3.05, 3.63) is 47.3 Å². The summed E-state index contributed by atoms with van der Waals surface area (Å²) < 4.78 is 0. The Balaban J connectivity index is 1.86. The Morgan fingerprint density at radius 2 is 2.00 bits per heavy atom. The molecule has 1 aliphatic heterocycles. The molecule has 0 radical (unpaired) electrons. The first-order valence-corrected chi connectivity index (χ1v) is 7.61. The Labute approximate surface area is 130 Å². The van der Waals surface area contributed by atoms with Crippen molar-refractivity contribution in [3.8, 4) is 0 Å². The summed E-state index contributed by atoms with van der Waals surface area (Å²) in [5.41, 5.74) is 3.54. The number of nitrogens with zero attached hydrogens (tertiary/aromatic N) is 3. The third-order valence-corrected chi connectivity index (χ3v) is 3.86. The lowest BCUT2D eigenvalue weighted by Crippen LogP contribution is -2.22. The fourth-order valence-electron chi connectivity index (χ4n) is 2.57. The highest BCUT2D eigenvalue weighted by atomic mass is 16.2. The van der Waals surface area contributed by atoms with E-state index in [-0.39, 0.29) is 5.91 Å². The molecule has 0 bridgehead atoms. The van der Waals surface area contributed by atoms with Gasteiger partial charge in [-0.3, -0.25) is 4.79 Å². The van der Waals surface area contributed by atoms with E-state index in [0.29, 0.717) is 24.0 Å². The molecule has 2 aromatic rings. The fraction of sp³-hybridized carbons (Fsp3) is 0.353. The highest BCUT2D eigenvalue weighted by molar-refractivity contribution is 6.09. The fourth-order valence-corrected chi connectivity index (χ4v) is 2.57. The van der Waals surface area contributed by atoms with E-state index >= 15 is 0 Å². The highest BCUT2D eigenvalue weighted by Gasteiger charge is 2.30. The van der Waals surface area contributed by atoms with Gasteiger partial charge in [0.1, 0.15) is 0 Å². The Hall–Kier alpha value is -2.43. The van der Waals surface area contributed by atoms with Crippen LogP contribution in [0.25, 0.3) is 0 Å². The number of nitrogens with one attached hydrogen (secondary N) is 1. The van der Waals surface area contributed by atoms with E-state index in [1.54, 1.807) is 11.1 Å². The molecule has 1 N–H and O–H groups in total. The van der Waals surface area contributed by atoms with E-state index < -0.39 is 0 Å². The Bertz CT molecular complexity index is 694. The van der Waals surface area contributed by atoms with Crippen molar-refractivity contribution in [1.29, 1.82) is 0 Å². The number of rotatable bonds is 4. The van der Waals surface area contributed by atoms with Crippen molar-refractivity contribution >= 4 is 17.5 Å². The topological polar surface area (TPSA) is 58.1 Å². The van der Waals surface area contributed by atoms with Crippen LogP contribution in [0.1, 0.15) is 48.3 Å². The zero-order valence-electron chi connectivity index (χ0n) is 13.1. The monoisotopic (exact) mass is 296 g/mol. The van der Waals surface area contributed by atoms with E-state index in [4.69, 9.17) is 0 Å². The third kappa shape index (κ3) is 2.54. The van der Waals surface area contributed by atoms with Gasteiger partial charge in [-0.15, -0.1) is 0 Å². The van der Waals surface area contributed by atoms with Crippen LogP contribution in [-0.4, -0.2) is 22.4 Å². The lowest BCUT2D eigenvalue weighted by atomic mass is 10.0. The molecule has 1 aliphatic rings. The number of fused-ring (bicyclic) bond motifs is 1. The first-order chi connectivity index (χ1) is 10.6. The second-order valence-electron chi connectivity index (χ2n) is 5.72. The maximum Gasteiger partial charge on any atom is 0.262 e. The molecule has 1 aromatic carbocycles. The zero-order chi connectivity index (χ0) is 15.7. The average Bonchev–Trinajstić information content (AvgIpc) is 2.84. The molecule has 114 valence electrons. The first kappa shape index (κ1) is 14.5. The molecule has 0 atom stereocenters. The molecule has 0 spiro atoms. The molecule has 0 saturated carbocycles. The molecular formula is C17H20N4O. The normalized spacial score (nSPS) is 13.6. The van der Waals surface area contributed by atoms with Crippen molar-refractivity contribution in [1.82, 2.24) is 9.97 Å². The van der Waals surface area contributed by atoms with Crippen LogP contribution in [-0.2, 0) is 6.54 Å². The number of carbonyl (C=O) groups is 1. The second-order valence-corrected chi connectivity index (χ2v) is 5.72. The van der Waals surface area contributed by atoms with Gasteiger partial charge >= 0.3 is 0 Å². The molecular weight excluding hydrogens is 276 g/mol. The van der Waals surface area contributed by atoms with Crippen LogP contribution in [0, 0.1) is 0 Å². The number of amides is 1. The maximum absolute atomic E-state index is 12.5. The minimum absolute atomic E-state index is 0.0321. The molecule has 22 heavy (non-hydrogen) atoms. The minimum Gasteiger partial charge on any atom is -0.354 e. The second kappa shape index (κ2) is 5.75. The number of benzene rings is 1. The summed E-state index contributed by atoms with van der Waals surface area (Å²) in [6.45, 7) is 7.56. The number of anilines is 2. The van der Waals surface area contributed by atoms with Gasteiger partial charge < -0.3 is 10.2 Å². The Kier molecular flexibility index (Phi) is 3.79. The molecule has 5 nitrogen and oxygen atoms in total. The number of hydrogen-bond donors (Lipinski definition) is 1. The van der Waals surface area contributed by atoms with Gasteiger partial charge in [-0.25, -0.2) is 9.97 Å². The smallest absolute Gasteiger partial charge is 0.262 e. The van der Waals surface area contributed by atoms with E-state index in [0.717, 1.165) is 17.9 Å². The van der Waals surface area contributed by atoms with E-state index in [9.17, 15) is 4.79 Å². The van der Waals surface area contributed by atoms with E-state index in [1.807, 2.05) is 19.1 Å². The van der Waals surface area contributed by atoms with E-state index in [1.165, 1.54) is 5.56 Å². The summed E-state index contributed by atoms with van der Waals surface area (Å²) in [5.74, 6) is 1.02. The molecule has 5 heteroatoms. The van der Waals surface area contributed by atoms with Crippen LogP contribution in [0.15, 0.2) is 30.5 Å². The molecule has 1 amide bonds. The van der Waals surface area contributed by atoms with Gasteiger partial charge in [-0.1, -0.05) is 26.0 Å². The minimum atomic E-state index is -0.0321. The number of hydrogen-bond acceptors (Lipinski definition) is 4. The summed E-state index contributed by atoms with van der Waals surface area (Å²) in [4.78, 5) is 22.9. The SMILES string of the molecule is CCNc1ncc2c(n1)CN(c1ccc(C(C)C)cc1)C2=O. The molecule has 1 aromatic heterocycles. The van der Waals surface area contributed by atoms with Crippen LogP contribution < -0.4 is 10.2 Å². The summed E-state index contributed by atoms with van der Waals surface area (Å²) in [7, 11) is 0. The molecule has 2 heterocycles. The summed E-state index contributed by atoms with van der Waals surface area (Å²) in [6.07, 6.45) is 1.62. The number of aromatic nitrogens is 2. The maximum atomic E-state index is 12.5. The number of carbonyl (C=O) groups excluding carboxylic acids is 1. The lowest BCUT2D eigenvalue weighted by Gasteiger charge is -2.16. The highest BCUT2D eigenvalue weighted by Crippen LogP contribution is 2.28. The van der Waals surface area contributed by atoms with Gasteiger partial charge in [0.05, 0.1) is 17.8 Å². The van der Waals surface area contributed by atoms with Crippen molar-refractivity contribution < 1.29 is 4.79 Å². The van der Waals surface area contributed by atoms with Gasteiger partial charge in [-0.2, -0.15) is 0 Å². The zero-order valence-corrected chi connectivity index (χ0v) is 13.1. The van der Waals surface area contributed by atoms with Crippen molar-refractivity contribution in [2.45, 2.75) is 33.2 Å². The Morgan fingerprint density at radius 1 is 1.27 bits per heavy atom. The molecule has 0 unspecified atom stereocenters. The van der Waals surface area contributed by atoms with Gasteiger partial charge in [-0.05, 0) is 30.5 Å². The molecule has 0 saturated heterocycles.